The van der Waals surface area contributed by atoms with Gasteiger partial charge < -0.3 is 16.2 Å². The van der Waals surface area contributed by atoms with Crippen molar-refractivity contribution in [2.24, 2.45) is 0 Å². The lowest BCUT2D eigenvalue weighted by Crippen LogP contribution is -2.05. The second kappa shape index (κ2) is 5.87. The maximum Gasteiger partial charge on any atom is 0.232 e. The maximum atomic E-state index is 9.83. The van der Waals surface area contributed by atoms with E-state index in [4.69, 9.17) is 17.3 Å². The maximum absolute atomic E-state index is 9.83. The van der Waals surface area contributed by atoms with Gasteiger partial charge in [0.15, 0.2) is 5.82 Å². The van der Waals surface area contributed by atoms with Gasteiger partial charge in [0.1, 0.15) is 5.75 Å². The molecule has 0 atom stereocenters. The third kappa shape index (κ3) is 3.07. The smallest absolute Gasteiger partial charge is 0.232 e. The predicted molar refractivity (Wildman–Crippen MR) is 86.1 cm³/mol. The van der Waals surface area contributed by atoms with E-state index in [2.05, 4.69) is 20.3 Å². The van der Waals surface area contributed by atoms with Gasteiger partial charge in [0, 0.05) is 10.6 Å². The number of aromatic hydroxyl groups is 1. The minimum atomic E-state index is 0.0321. The number of benzene rings is 2. The number of nitrogens with one attached hydrogen (secondary N) is 1. The van der Waals surface area contributed by atoms with Gasteiger partial charge in [-0.2, -0.15) is 15.0 Å². The lowest BCUT2D eigenvalue weighted by atomic mass is 10.2. The zero-order chi connectivity index (χ0) is 15.5. The number of nitrogens with zero attached hydrogens (tertiary/aromatic N) is 3. The van der Waals surface area contributed by atoms with Gasteiger partial charge in [-0.1, -0.05) is 41.9 Å². The summed E-state index contributed by atoms with van der Waals surface area (Å²) in [5, 5.41) is 13.2. The zero-order valence-electron chi connectivity index (χ0n) is 11.4. The van der Waals surface area contributed by atoms with Gasteiger partial charge in [-0.15, -0.1) is 0 Å². The summed E-state index contributed by atoms with van der Waals surface area (Å²) in [6, 6.07) is 14.0. The van der Waals surface area contributed by atoms with Crippen molar-refractivity contribution in [1.82, 2.24) is 15.0 Å². The van der Waals surface area contributed by atoms with Crippen LogP contribution in [-0.4, -0.2) is 20.1 Å². The van der Waals surface area contributed by atoms with Crippen LogP contribution in [0.25, 0.3) is 11.4 Å². The normalized spacial score (nSPS) is 10.4. The van der Waals surface area contributed by atoms with Gasteiger partial charge in [-0.25, -0.2) is 0 Å². The summed E-state index contributed by atoms with van der Waals surface area (Å²) in [5.74, 6) is 0.781. The zero-order valence-corrected chi connectivity index (χ0v) is 12.1. The Bertz CT molecular complexity index is 810. The minimum absolute atomic E-state index is 0.0321. The second-order valence-electron chi connectivity index (χ2n) is 4.49. The molecule has 3 rings (SSSR count). The fraction of sp³-hybridized carbons (Fsp3) is 0. The van der Waals surface area contributed by atoms with Gasteiger partial charge in [0.05, 0.1) is 5.69 Å². The van der Waals surface area contributed by atoms with Crippen LogP contribution in [0.4, 0.5) is 17.6 Å². The summed E-state index contributed by atoms with van der Waals surface area (Å²) < 4.78 is 0. The van der Waals surface area contributed by atoms with Crippen LogP contribution < -0.4 is 11.1 Å². The Kier molecular flexibility index (Phi) is 3.76. The van der Waals surface area contributed by atoms with Crippen LogP contribution in [0, 0.1) is 0 Å². The van der Waals surface area contributed by atoms with E-state index < -0.39 is 0 Å². The summed E-state index contributed by atoms with van der Waals surface area (Å²) in [7, 11) is 0. The molecule has 0 aliphatic carbocycles. The third-order valence-electron chi connectivity index (χ3n) is 2.89. The number of hydrogen-bond donors (Lipinski definition) is 3. The number of hydrogen-bond acceptors (Lipinski definition) is 6. The number of nitrogens with two attached hydrogens (primary N) is 1. The molecule has 0 saturated carbocycles. The molecule has 0 unspecified atom stereocenters. The number of phenols is 1. The predicted octanol–water partition coefficient (Wildman–Crippen LogP) is 3.22. The van der Waals surface area contributed by atoms with Crippen LogP contribution in [-0.2, 0) is 0 Å². The Hall–Kier alpha value is -2.86. The number of nitrogen functional groups attached to an aromatic ring is 1. The molecule has 0 bridgehead atoms. The number of halogens is 1. The molecule has 0 radical (unpaired) electrons. The van der Waals surface area contributed by atoms with Crippen LogP contribution in [0.15, 0.2) is 48.5 Å². The fourth-order valence-corrected chi connectivity index (χ4v) is 2.07. The molecule has 7 heteroatoms. The quantitative estimate of drug-likeness (QED) is 0.642. The molecule has 0 saturated heterocycles. The van der Waals surface area contributed by atoms with E-state index >= 15 is 0 Å². The summed E-state index contributed by atoms with van der Waals surface area (Å²) in [6.07, 6.45) is 0. The number of phenolic OH excluding ortho intramolecular Hbond substituents is 1. The van der Waals surface area contributed by atoms with E-state index in [1.54, 1.807) is 12.1 Å². The average Bonchev–Trinajstić information content (AvgIpc) is 2.51. The van der Waals surface area contributed by atoms with Crippen molar-refractivity contribution in [3.8, 4) is 17.1 Å². The molecule has 0 amide bonds. The van der Waals surface area contributed by atoms with E-state index in [1.165, 1.54) is 6.07 Å². The lowest BCUT2D eigenvalue weighted by Gasteiger charge is -2.09. The first-order chi connectivity index (χ1) is 10.6. The first-order valence-corrected chi connectivity index (χ1v) is 6.82. The Balaban J connectivity index is 1.98. The van der Waals surface area contributed by atoms with Gasteiger partial charge >= 0.3 is 0 Å². The van der Waals surface area contributed by atoms with E-state index in [1.807, 2.05) is 30.3 Å². The largest absolute Gasteiger partial charge is 0.506 e. The van der Waals surface area contributed by atoms with E-state index in [0.717, 1.165) is 5.56 Å². The SMILES string of the molecule is Nc1nc(Nc2cc(Cl)ccc2O)nc(-c2ccccc2)n1. The molecule has 0 fully saturated rings. The summed E-state index contributed by atoms with van der Waals surface area (Å²) in [4.78, 5) is 12.4. The van der Waals surface area contributed by atoms with Gasteiger partial charge in [0.2, 0.25) is 11.9 Å². The first-order valence-electron chi connectivity index (χ1n) is 6.44. The molecule has 110 valence electrons. The summed E-state index contributed by atoms with van der Waals surface area (Å²) >= 11 is 5.91. The number of aromatic nitrogens is 3. The monoisotopic (exact) mass is 313 g/mol. The van der Waals surface area contributed by atoms with Crippen LogP contribution in [0.3, 0.4) is 0 Å². The van der Waals surface area contributed by atoms with Crippen LogP contribution in [0.5, 0.6) is 5.75 Å². The van der Waals surface area contributed by atoms with Crippen molar-refractivity contribution < 1.29 is 5.11 Å². The lowest BCUT2D eigenvalue weighted by molar-refractivity contribution is 0.477. The van der Waals surface area contributed by atoms with Gasteiger partial charge in [-0.05, 0) is 18.2 Å². The highest BCUT2D eigenvalue weighted by molar-refractivity contribution is 6.30. The highest BCUT2D eigenvalue weighted by atomic mass is 35.5. The summed E-state index contributed by atoms with van der Waals surface area (Å²) in [6.45, 7) is 0. The molecular formula is C15H12ClN5O. The van der Waals surface area contributed by atoms with E-state index in [-0.39, 0.29) is 17.6 Å². The van der Waals surface area contributed by atoms with Crippen molar-refractivity contribution in [1.29, 1.82) is 0 Å². The third-order valence-corrected chi connectivity index (χ3v) is 3.12. The van der Waals surface area contributed by atoms with Crippen LogP contribution in [0.2, 0.25) is 5.02 Å². The van der Waals surface area contributed by atoms with Crippen molar-refractivity contribution >= 4 is 29.2 Å². The Morgan fingerprint density at radius 3 is 2.55 bits per heavy atom. The molecule has 1 heterocycles. The number of rotatable bonds is 3. The van der Waals surface area contributed by atoms with Crippen LogP contribution in [0.1, 0.15) is 0 Å². The van der Waals surface area contributed by atoms with Crippen molar-refractivity contribution in [3.05, 3.63) is 53.6 Å². The molecule has 3 aromatic rings. The van der Waals surface area contributed by atoms with Crippen molar-refractivity contribution in [2.45, 2.75) is 0 Å². The Morgan fingerprint density at radius 2 is 1.77 bits per heavy atom. The Morgan fingerprint density at radius 1 is 1.00 bits per heavy atom. The molecule has 22 heavy (non-hydrogen) atoms. The average molecular weight is 314 g/mol. The molecule has 4 N–H and O–H groups in total. The van der Waals surface area contributed by atoms with Crippen molar-refractivity contribution in [3.63, 3.8) is 0 Å². The molecule has 6 nitrogen and oxygen atoms in total. The highest BCUT2D eigenvalue weighted by Gasteiger charge is 2.09. The molecule has 2 aromatic carbocycles. The molecule has 0 aliphatic heterocycles. The molecule has 1 aromatic heterocycles. The minimum Gasteiger partial charge on any atom is -0.506 e. The second-order valence-corrected chi connectivity index (χ2v) is 4.93. The fourth-order valence-electron chi connectivity index (χ4n) is 1.89. The van der Waals surface area contributed by atoms with Crippen LogP contribution >= 0.6 is 11.6 Å². The van der Waals surface area contributed by atoms with Crippen molar-refractivity contribution in [2.75, 3.05) is 11.1 Å². The van der Waals surface area contributed by atoms with E-state index in [0.29, 0.717) is 16.5 Å². The number of anilines is 3. The molecule has 0 aliphatic rings. The topological polar surface area (TPSA) is 97.0 Å². The van der Waals surface area contributed by atoms with Gasteiger partial charge in [0.25, 0.3) is 0 Å². The molecule has 0 spiro atoms. The highest BCUT2D eigenvalue weighted by Crippen LogP contribution is 2.29. The first kappa shape index (κ1) is 14.1. The summed E-state index contributed by atoms with van der Waals surface area (Å²) in [5.41, 5.74) is 6.93. The van der Waals surface area contributed by atoms with Gasteiger partial charge in [-0.3, -0.25) is 0 Å². The molecular weight excluding hydrogens is 302 g/mol. The van der Waals surface area contributed by atoms with E-state index in [9.17, 15) is 5.11 Å². The Labute approximate surface area is 131 Å². The standard InChI is InChI=1S/C15H12ClN5O/c16-10-6-7-12(22)11(8-10)18-15-20-13(19-14(17)21-15)9-4-2-1-3-5-9/h1-8,22H,(H3,17,18,19,20,21).